The van der Waals surface area contributed by atoms with Crippen LogP contribution in [0.4, 0.5) is 0 Å². The number of hydrogen-bond donors (Lipinski definition) is 0. The summed E-state index contributed by atoms with van der Waals surface area (Å²) in [6, 6.07) is 3.21. The SMILES string of the molecule is O=C(OC[C@@H]1CO1)c1ccco1. The van der Waals surface area contributed by atoms with E-state index in [0.29, 0.717) is 13.2 Å². The van der Waals surface area contributed by atoms with Gasteiger partial charge in [-0.2, -0.15) is 0 Å². The molecule has 4 heteroatoms. The van der Waals surface area contributed by atoms with E-state index < -0.39 is 5.97 Å². The van der Waals surface area contributed by atoms with Crippen LogP contribution < -0.4 is 0 Å². The molecule has 0 radical (unpaired) electrons. The minimum absolute atomic E-state index is 0.101. The normalized spacial score (nSPS) is 20.5. The quantitative estimate of drug-likeness (QED) is 0.495. The van der Waals surface area contributed by atoms with E-state index in [-0.39, 0.29) is 11.9 Å². The molecular weight excluding hydrogens is 160 g/mol. The van der Waals surface area contributed by atoms with Crippen molar-refractivity contribution in [1.82, 2.24) is 0 Å². The Morgan fingerprint density at radius 1 is 1.75 bits per heavy atom. The highest BCUT2D eigenvalue weighted by molar-refractivity contribution is 5.86. The fraction of sp³-hybridized carbons (Fsp3) is 0.375. The average molecular weight is 168 g/mol. The second-order valence-electron chi connectivity index (χ2n) is 2.53. The van der Waals surface area contributed by atoms with Gasteiger partial charge in [-0.15, -0.1) is 0 Å². The Morgan fingerprint density at radius 3 is 3.17 bits per heavy atom. The number of rotatable bonds is 3. The van der Waals surface area contributed by atoms with Crippen LogP contribution in [0, 0.1) is 0 Å². The van der Waals surface area contributed by atoms with E-state index in [2.05, 4.69) is 0 Å². The van der Waals surface area contributed by atoms with E-state index in [9.17, 15) is 4.79 Å². The second-order valence-corrected chi connectivity index (χ2v) is 2.53. The number of hydrogen-bond acceptors (Lipinski definition) is 4. The van der Waals surface area contributed by atoms with Gasteiger partial charge in [0.15, 0.2) is 0 Å². The number of esters is 1. The van der Waals surface area contributed by atoms with Gasteiger partial charge in [-0.3, -0.25) is 0 Å². The first-order chi connectivity index (χ1) is 5.86. The van der Waals surface area contributed by atoms with Crippen molar-refractivity contribution < 1.29 is 18.7 Å². The van der Waals surface area contributed by atoms with Crippen molar-refractivity contribution in [3.05, 3.63) is 24.2 Å². The Bertz CT molecular complexity index is 261. The number of furan rings is 1. The van der Waals surface area contributed by atoms with Crippen LogP contribution in [-0.4, -0.2) is 25.3 Å². The van der Waals surface area contributed by atoms with E-state index >= 15 is 0 Å². The Hall–Kier alpha value is -1.29. The summed E-state index contributed by atoms with van der Waals surface area (Å²) in [6.45, 7) is 1.00. The third-order valence-corrected chi connectivity index (χ3v) is 1.53. The molecule has 64 valence electrons. The van der Waals surface area contributed by atoms with E-state index in [1.807, 2.05) is 0 Å². The van der Waals surface area contributed by atoms with Crippen molar-refractivity contribution in [2.45, 2.75) is 6.10 Å². The van der Waals surface area contributed by atoms with Crippen LogP contribution in [0.15, 0.2) is 22.8 Å². The second kappa shape index (κ2) is 2.98. The number of ether oxygens (including phenoxy) is 2. The molecule has 1 atom stereocenters. The van der Waals surface area contributed by atoms with Crippen molar-refractivity contribution in [3.8, 4) is 0 Å². The molecule has 0 amide bonds. The van der Waals surface area contributed by atoms with Gasteiger partial charge in [0.05, 0.1) is 12.9 Å². The molecule has 0 aromatic carbocycles. The van der Waals surface area contributed by atoms with E-state index in [0.717, 1.165) is 0 Å². The molecule has 1 aromatic heterocycles. The van der Waals surface area contributed by atoms with E-state index in [1.54, 1.807) is 12.1 Å². The molecule has 0 bridgehead atoms. The molecule has 0 saturated carbocycles. The number of epoxide rings is 1. The van der Waals surface area contributed by atoms with Crippen LogP contribution in [0.1, 0.15) is 10.6 Å². The van der Waals surface area contributed by atoms with Gasteiger partial charge in [-0.1, -0.05) is 0 Å². The van der Waals surface area contributed by atoms with Crippen molar-refractivity contribution in [3.63, 3.8) is 0 Å². The van der Waals surface area contributed by atoms with Gasteiger partial charge in [-0.25, -0.2) is 4.79 Å². The van der Waals surface area contributed by atoms with Crippen LogP contribution in [-0.2, 0) is 9.47 Å². The summed E-state index contributed by atoms with van der Waals surface area (Å²) in [5.74, 6) is -0.203. The van der Waals surface area contributed by atoms with E-state index in [1.165, 1.54) is 6.26 Å². The standard InChI is InChI=1S/C8H8O4/c9-8(7-2-1-3-10-7)12-5-6-4-11-6/h1-3,6H,4-5H2/t6-/m0/s1. The zero-order valence-corrected chi connectivity index (χ0v) is 6.36. The van der Waals surface area contributed by atoms with Crippen molar-refractivity contribution in [2.24, 2.45) is 0 Å². The lowest BCUT2D eigenvalue weighted by Crippen LogP contribution is -2.08. The number of carbonyl (C=O) groups is 1. The Labute approximate surface area is 69.1 Å². The molecule has 2 rings (SSSR count). The maximum atomic E-state index is 11.1. The summed E-state index contributed by atoms with van der Waals surface area (Å²) in [7, 11) is 0. The van der Waals surface area contributed by atoms with Gasteiger partial charge >= 0.3 is 5.97 Å². The minimum atomic E-state index is -0.435. The molecule has 4 nitrogen and oxygen atoms in total. The molecule has 0 unspecified atom stereocenters. The molecule has 0 aliphatic carbocycles. The molecule has 0 N–H and O–H groups in total. The maximum Gasteiger partial charge on any atom is 0.374 e. The van der Waals surface area contributed by atoms with Gasteiger partial charge in [0, 0.05) is 0 Å². The largest absolute Gasteiger partial charge is 0.457 e. The van der Waals surface area contributed by atoms with Crippen LogP contribution in [0.25, 0.3) is 0 Å². The van der Waals surface area contributed by atoms with Gasteiger partial charge in [-0.05, 0) is 12.1 Å². The van der Waals surface area contributed by atoms with Gasteiger partial charge < -0.3 is 13.9 Å². The minimum Gasteiger partial charge on any atom is -0.457 e. The highest BCUT2D eigenvalue weighted by Gasteiger charge is 2.24. The Balaban J connectivity index is 1.83. The van der Waals surface area contributed by atoms with Crippen LogP contribution in [0.2, 0.25) is 0 Å². The molecule has 12 heavy (non-hydrogen) atoms. The topological polar surface area (TPSA) is 52.0 Å². The Morgan fingerprint density at radius 2 is 2.58 bits per heavy atom. The fourth-order valence-corrected chi connectivity index (χ4v) is 0.799. The van der Waals surface area contributed by atoms with Crippen LogP contribution in [0.3, 0.4) is 0 Å². The van der Waals surface area contributed by atoms with Gasteiger partial charge in [0.1, 0.15) is 12.7 Å². The smallest absolute Gasteiger partial charge is 0.374 e. The molecule has 1 aromatic rings. The summed E-state index contributed by atoms with van der Waals surface area (Å²) in [4.78, 5) is 11.1. The first-order valence-corrected chi connectivity index (χ1v) is 3.68. The summed E-state index contributed by atoms with van der Waals surface area (Å²) >= 11 is 0. The molecule has 0 spiro atoms. The molecule has 2 heterocycles. The predicted molar refractivity (Wildman–Crippen MR) is 38.7 cm³/mol. The van der Waals surface area contributed by atoms with Crippen molar-refractivity contribution in [1.29, 1.82) is 0 Å². The van der Waals surface area contributed by atoms with Crippen LogP contribution in [0.5, 0.6) is 0 Å². The van der Waals surface area contributed by atoms with Crippen molar-refractivity contribution in [2.75, 3.05) is 13.2 Å². The fourth-order valence-electron chi connectivity index (χ4n) is 0.799. The molecule has 1 fully saturated rings. The van der Waals surface area contributed by atoms with Crippen molar-refractivity contribution >= 4 is 5.97 Å². The third kappa shape index (κ3) is 1.65. The highest BCUT2D eigenvalue weighted by Crippen LogP contribution is 2.10. The maximum absolute atomic E-state index is 11.1. The lowest BCUT2D eigenvalue weighted by Gasteiger charge is -1.97. The zero-order valence-electron chi connectivity index (χ0n) is 6.36. The summed E-state index contributed by atoms with van der Waals surface area (Å²) in [5.41, 5.74) is 0. The molecule has 1 saturated heterocycles. The monoisotopic (exact) mass is 168 g/mol. The Kier molecular flexibility index (Phi) is 1.83. The molecule has 1 aliphatic rings. The summed E-state index contributed by atoms with van der Waals surface area (Å²) in [5, 5.41) is 0. The first kappa shape index (κ1) is 7.36. The van der Waals surface area contributed by atoms with Gasteiger partial charge in [0.25, 0.3) is 0 Å². The predicted octanol–water partition coefficient (Wildman–Crippen LogP) is 0.835. The van der Waals surface area contributed by atoms with Crippen LogP contribution >= 0.6 is 0 Å². The number of carbonyl (C=O) groups excluding carboxylic acids is 1. The van der Waals surface area contributed by atoms with Gasteiger partial charge in [0.2, 0.25) is 5.76 Å². The lowest BCUT2D eigenvalue weighted by atomic mass is 10.4. The molecule has 1 aliphatic heterocycles. The van der Waals surface area contributed by atoms with E-state index in [4.69, 9.17) is 13.9 Å². The lowest BCUT2D eigenvalue weighted by molar-refractivity contribution is 0.0441. The average Bonchev–Trinajstić information content (AvgIpc) is 2.74. The highest BCUT2D eigenvalue weighted by atomic mass is 16.6. The summed E-state index contributed by atoms with van der Waals surface area (Å²) in [6.07, 6.45) is 1.54. The first-order valence-electron chi connectivity index (χ1n) is 3.68. The third-order valence-electron chi connectivity index (χ3n) is 1.53. The summed E-state index contributed by atoms with van der Waals surface area (Å²) < 4.78 is 14.6. The zero-order chi connectivity index (χ0) is 8.39. The molecular formula is C8H8O4.